The zero-order valence-electron chi connectivity index (χ0n) is 15.4. The van der Waals surface area contributed by atoms with Crippen LogP contribution in [0.2, 0.25) is 0 Å². The van der Waals surface area contributed by atoms with Crippen molar-refractivity contribution in [1.29, 1.82) is 0 Å². The lowest BCUT2D eigenvalue weighted by Gasteiger charge is -2.35. The summed E-state index contributed by atoms with van der Waals surface area (Å²) < 4.78 is 7.00. The Hall–Kier alpha value is -2.83. The number of carbonyl (C=O) groups excluding carboxylic acids is 2. The first kappa shape index (κ1) is 18.0. The van der Waals surface area contributed by atoms with Crippen molar-refractivity contribution < 1.29 is 14.3 Å². The van der Waals surface area contributed by atoms with Crippen LogP contribution in [0.4, 0.5) is 0 Å². The molecule has 3 rings (SSSR count). The van der Waals surface area contributed by atoms with Crippen molar-refractivity contribution in [3.63, 3.8) is 0 Å². The minimum absolute atomic E-state index is 0.0288. The molecule has 1 fully saturated rings. The van der Waals surface area contributed by atoms with Gasteiger partial charge in [-0.25, -0.2) is 4.68 Å². The van der Waals surface area contributed by atoms with Crippen LogP contribution in [0.5, 0.6) is 5.75 Å². The number of amides is 2. The second-order valence-corrected chi connectivity index (χ2v) is 6.60. The third-order valence-corrected chi connectivity index (χ3v) is 4.50. The van der Waals surface area contributed by atoms with Gasteiger partial charge in [-0.15, -0.1) is 0 Å². The van der Waals surface area contributed by atoms with Gasteiger partial charge in [0.2, 0.25) is 5.91 Å². The Balaban J connectivity index is 1.74. The fraction of sp³-hybridized carbons (Fsp3) is 0.421. The Kier molecular flexibility index (Phi) is 5.25. The van der Waals surface area contributed by atoms with E-state index >= 15 is 0 Å². The molecule has 2 amide bonds. The summed E-state index contributed by atoms with van der Waals surface area (Å²) in [5.74, 6) is 0.370. The number of benzene rings is 1. The molecule has 0 saturated carbocycles. The Morgan fingerprint density at radius 2 is 1.65 bits per heavy atom. The van der Waals surface area contributed by atoms with E-state index in [9.17, 15) is 9.59 Å². The second-order valence-electron chi connectivity index (χ2n) is 6.60. The van der Waals surface area contributed by atoms with E-state index in [2.05, 4.69) is 5.10 Å². The molecule has 0 unspecified atom stereocenters. The number of para-hydroxylation sites is 1. The van der Waals surface area contributed by atoms with Crippen LogP contribution in [0.1, 0.15) is 24.3 Å². The topological polar surface area (TPSA) is 67.7 Å². The van der Waals surface area contributed by atoms with Crippen LogP contribution in [0.25, 0.3) is 5.69 Å². The number of ether oxygens (including phenoxy) is 1. The van der Waals surface area contributed by atoms with Gasteiger partial charge in [-0.3, -0.25) is 9.59 Å². The maximum Gasteiger partial charge on any atom is 0.278 e. The minimum Gasteiger partial charge on any atom is -0.493 e. The van der Waals surface area contributed by atoms with E-state index in [1.165, 1.54) is 7.11 Å². The molecule has 1 aromatic heterocycles. The van der Waals surface area contributed by atoms with E-state index < -0.39 is 0 Å². The maximum absolute atomic E-state index is 12.9. The van der Waals surface area contributed by atoms with Crippen molar-refractivity contribution in [2.24, 2.45) is 5.92 Å². The molecule has 0 atom stereocenters. The molecule has 1 aromatic carbocycles. The smallest absolute Gasteiger partial charge is 0.278 e. The maximum atomic E-state index is 12.9. The Labute approximate surface area is 153 Å². The zero-order valence-corrected chi connectivity index (χ0v) is 15.4. The van der Waals surface area contributed by atoms with Gasteiger partial charge in [-0.05, 0) is 12.1 Å². The van der Waals surface area contributed by atoms with Crippen molar-refractivity contribution in [3.05, 3.63) is 42.2 Å². The molecule has 0 radical (unpaired) electrons. The van der Waals surface area contributed by atoms with Gasteiger partial charge in [0, 0.05) is 32.1 Å². The van der Waals surface area contributed by atoms with Gasteiger partial charge in [0.25, 0.3) is 5.91 Å². The van der Waals surface area contributed by atoms with Crippen molar-refractivity contribution in [2.75, 3.05) is 33.3 Å². The van der Waals surface area contributed by atoms with Crippen molar-refractivity contribution >= 4 is 11.8 Å². The predicted molar refractivity (Wildman–Crippen MR) is 97.4 cm³/mol. The van der Waals surface area contributed by atoms with E-state index in [1.54, 1.807) is 15.8 Å². The number of hydrogen-bond donors (Lipinski definition) is 0. The van der Waals surface area contributed by atoms with E-state index in [-0.39, 0.29) is 17.7 Å². The summed E-state index contributed by atoms with van der Waals surface area (Å²) in [6.45, 7) is 5.87. The number of carbonyl (C=O) groups is 2. The molecule has 0 bridgehead atoms. The summed E-state index contributed by atoms with van der Waals surface area (Å²) in [4.78, 5) is 28.5. The molecule has 138 valence electrons. The van der Waals surface area contributed by atoms with Crippen LogP contribution in [-0.4, -0.2) is 64.7 Å². The number of nitrogens with zero attached hydrogens (tertiary/aromatic N) is 4. The lowest BCUT2D eigenvalue weighted by Crippen LogP contribution is -2.51. The van der Waals surface area contributed by atoms with E-state index in [1.807, 2.05) is 49.1 Å². The van der Waals surface area contributed by atoms with Crippen molar-refractivity contribution in [2.45, 2.75) is 13.8 Å². The van der Waals surface area contributed by atoms with Crippen LogP contribution >= 0.6 is 0 Å². The number of aromatic nitrogens is 2. The van der Waals surface area contributed by atoms with Gasteiger partial charge in [-0.2, -0.15) is 5.10 Å². The molecule has 2 aromatic rings. The first-order chi connectivity index (χ1) is 12.5. The molecule has 0 N–H and O–H groups in total. The number of hydrogen-bond acceptors (Lipinski definition) is 4. The third-order valence-electron chi connectivity index (χ3n) is 4.50. The number of piperazine rings is 1. The van der Waals surface area contributed by atoms with E-state index in [0.717, 1.165) is 5.69 Å². The van der Waals surface area contributed by atoms with Gasteiger partial charge >= 0.3 is 0 Å². The number of methoxy groups -OCH3 is 1. The van der Waals surface area contributed by atoms with Gasteiger partial charge in [-0.1, -0.05) is 32.0 Å². The molecule has 0 spiro atoms. The Bertz CT molecular complexity index is 777. The molecule has 1 aliphatic heterocycles. The van der Waals surface area contributed by atoms with Gasteiger partial charge < -0.3 is 14.5 Å². The molecular formula is C19H24N4O3. The SMILES string of the molecule is COc1cn(-c2ccccc2)nc1C(=O)N1CCN(C(=O)C(C)C)CC1. The summed E-state index contributed by atoms with van der Waals surface area (Å²) in [5.41, 5.74) is 1.15. The quantitative estimate of drug-likeness (QED) is 0.838. The normalized spacial score (nSPS) is 14.6. The summed E-state index contributed by atoms with van der Waals surface area (Å²) in [6.07, 6.45) is 1.71. The molecule has 7 heteroatoms. The summed E-state index contributed by atoms with van der Waals surface area (Å²) in [5, 5.41) is 4.43. The highest BCUT2D eigenvalue weighted by atomic mass is 16.5. The molecule has 1 aliphatic rings. The largest absolute Gasteiger partial charge is 0.493 e. The fourth-order valence-electron chi connectivity index (χ4n) is 3.01. The molecule has 26 heavy (non-hydrogen) atoms. The monoisotopic (exact) mass is 356 g/mol. The zero-order chi connectivity index (χ0) is 18.7. The summed E-state index contributed by atoms with van der Waals surface area (Å²) >= 11 is 0. The van der Waals surface area contributed by atoms with E-state index in [4.69, 9.17) is 4.74 Å². The van der Waals surface area contributed by atoms with Gasteiger partial charge in [0.15, 0.2) is 11.4 Å². The standard InChI is InChI=1S/C19H24N4O3/c1-14(2)18(24)21-9-11-22(12-10-21)19(25)17-16(26-3)13-23(20-17)15-7-5-4-6-8-15/h4-8,13-14H,9-12H2,1-3H3. The minimum atomic E-state index is -0.173. The lowest BCUT2D eigenvalue weighted by atomic mass is 10.1. The number of rotatable bonds is 4. The lowest BCUT2D eigenvalue weighted by molar-refractivity contribution is -0.135. The molecule has 7 nitrogen and oxygen atoms in total. The van der Waals surface area contributed by atoms with Crippen LogP contribution in [0.3, 0.4) is 0 Å². The molecule has 0 aliphatic carbocycles. The first-order valence-corrected chi connectivity index (χ1v) is 8.78. The second kappa shape index (κ2) is 7.59. The molecule has 2 heterocycles. The Morgan fingerprint density at radius 3 is 2.23 bits per heavy atom. The highest BCUT2D eigenvalue weighted by Crippen LogP contribution is 2.22. The highest BCUT2D eigenvalue weighted by molar-refractivity contribution is 5.95. The first-order valence-electron chi connectivity index (χ1n) is 8.78. The van der Waals surface area contributed by atoms with Crippen LogP contribution in [-0.2, 0) is 4.79 Å². The van der Waals surface area contributed by atoms with Crippen LogP contribution in [0.15, 0.2) is 36.5 Å². The summed E-state index contributed by atoms with van der Waals surface area (Å²) in [6, 6.07) is 9.58. The molecular weight excluding hydrogens is 332 g/mol. The average Bonchev–Trinajstić information content (AvgIpc) is 3.12. The Morgan fingerprint density at radius 1 is 1.04 bits per heavy atom. The predicted octanol–water partition coefficient (Wildman–Crippen LogP) is 1.82. The fourth-order valence-corrected chi connectivity index (χ4v) is 3.01. The van der Waals surface area contributed by atoms with Crippen molar-refractivity contribution in [3.8, 4) is 11.4 Å². The van der Waals surface area contributed by atoms with Crippen LogP contribution in [0, 0.1) is 5.92 Å². The van der Waals surface area contributed by atoms with E-state index in [0.29, 0.717) is 37.6 Å². The average molecular weight is 356 g/mol. The van der Waals surface area contributed by atoms with Crippen LogP contribution < -0.4 is 4.74 Å². The summed E-state index contributed by atoms with van der Waals surface area (Å²) in [7, 11) is 1.53. The van der Waals surface area contributed by atoms with Crippen molar-refractivity contribution in [1.82, 2.24) is 19.6 Å². The molecule has 1 saturated heterocycles. The van der Waals surface area contributed by atoms with Gasteiger partial charge in [0.1, 0.15) is 0 Å². The van der Waals surface area contributed by atoms with Gasteiger partial charge in [0.05, 0.1) is 19.0 Å². The third kappa shape index (κ3) is 3.56. The highest BCUT2D eigenvalue weighted by Gasteiger charge is 2.29.